The van der Waals surface area contributed by atoms with Gasteiger partial charge in [-0.15, -0.1) is 11.3 Å². The van der Waals surface area contributed by atoms with Crippen LogP contribution in [0.15, 0.2) is 47.8 Å². The first kappa shape index (κ1) is 16.7. The Hall–Kier alpha value is -1.20. The number of hydrogen-bond donors (Lipinski definition) is 1. The SMILES string of the molecule is C[C@H]1CN(CCc2cccs2)CCN1C[C@H](O)c1ccccc1. The summed E-state index contributed by atoms with van der Waals surface area (Å²) < 4.78 is 0. The van der Waals surface area contributed by atoms with Crippen molar-refractivity contribution in [3.63, 3.8) is 0 Å². The highest BCUT2D eigenvalue weighted by atomic mass is 32.1. The average molecular weight is 330 g/mol. The van der Waals surface area contributed by atoms with Crippen molar-refractivity contribution in [1.29, 1.82) is 0 Å². The molecule has 1 aromatic carbocycles. The van der Waals surface area contributed by atoms with Gasteiger partial charge in [0.05, 0.1) is 6.10 Å². The minimum Gasteiger partial charge on any atom is -0.387 e. The third-order valence-electron chi connectivity index (χ3n) is 4.70. The van der Waals surface area contributed by atoms with Crippen molar-refractivity contribution in [3.8, 4) is 0 Å². The molecule has 2 atom stereocenters. The third kappa shape index (κ3) is 4.64. The summed E-state index contributed by atoms with van der Waals surface area (Å²) in [5, 5.41) is 12.6. The fourth-order valence-electron chi connectivity index (χ4n) is 3.27. The van der Waals surface area contributed by atoms with Gasteiger partial charge in [-0.2, -0.15) is 0 Å². The summed E-state index contributed by atoms with van der Waals surface area (Å²) in [6, 6.07) is 14.8. The van der Waals surface area contributed by atoms with Crippen molar-refractivity contribution in [3.05, 3.63) is 58.3 Å². The fourth-order valence-corrected chi connectivity index (χ4v) is 3.97. The molecule has 2 heterocycles. The second-order valence-corrected chi connectivity index (χ2v) is 7.43. The quantitative estimate of drug-likeness (QED) is 0.882. The lowest BCUT2D eigenvalue weighted by atomic mass is 10.1. The van der Waals surface area contributed by atoms with Gasteiger partial charge in [-0.25, -0.2) is 0 Å². The molecule has 0 radical (unpaired) electrons. The van der Waals surface area contributed by atoms with Crippen LogP contribution in [0, 0.1) is 0 Å². The Morgan fingerprint density at radius 1 is 1.17 bits per heavy atom. The van der Waals surface area contributed by atoms with Crippen LogP contribution in [0.3, 0.4) is 0 Å². The average Bonchev–Trinajstić information content (AvgIpc) is 3.09. The van der Waals surface area contributed by atoms with Crippen molar-refractivity contribution in [2.45, 2.75) is 25.5 Å². The van der Waals surface area contributed by atoms with Gasteiger partial charge < -0.3 is 10.0 Å². The zero-order valence-corrected chi connectivity index (χ0v) is 14.6. The van der Waals surface area contributed by atoms with Gasteiger partial charge in [-0.1, -0.05) is 36.4 Å². The highest BCUT2D eigenvalue weighted by Gasteiger charge is 2.25. The molecule has 124 valence electrons. The molecular formula is C19H26N2OS. The Bertz CT molecular complexity index is 572. The molecule has 0 saturated carbocycles. The van der Waals surface area contributed by atoms with E-state index in [2.05, 4.69) is 34.2 Å². The normalized spacial score (nSPS) is 21.4. The van der Waals surface area contributed by atoms with Crippen LogP contribution in [-0.2, 0) is 6.42 Å². The van der Waals surface area contributed by atoms with Crippen LogP contribution >= 0.6 is 11.3 Å². The van der Waals surface area contributed by atoms with E-state index in [0.29, 0.717) is 6.04 Å². The van der Waals surface area contributed by atoms with Crippen LogP contribution in [-0.4, -0.2) is 53.7 Å². The zero-order chi connectivity index (χ0) is 16.1. The lowest BCUT2D eigenvalue weighted by Gasteiger charge is -2.40. The van der Waals surface area contributed by atoms with Crippen LogP contribution in [0.25, 0.3) is 0 Å². The maximum Gasteiger partial charge on any atom is 0.0917 e. The van der Waals surface area contributed by atoms with Crippen molar-refractivity contribution in [2.75, 3.05) is 32.7 Å². The molecule has 0 bridgehead atoms. The summed E-state index contributed by atoms with van der Waals surface area (Å²) in [7, 11) is 0. The van der Waals surface area contributed by atoms with E-state index in [9.17, 15) is 5.11 Å². The Morgan fingerprint density at radius 2 is 2.00 bits per heavy atom. The third-order valence-corrected chi connectivity index (χ3v) is 5.63. The maximum absolute atomic E-state index is 10.4. The smallest absolute Gasteiger partial charge is 0.0917 e. The first-order valence-corrected chi connectivity index (χ1v) is 9.32. The number of thiophene rings is 1. The monoisotopic (exact) mass is 330 g/mol. The molecule has 1 saturated heterocycles. The number of nitrogens with zero attached hydrogens (tertiary/aromatic N) is 2. The molecular weight excluding hydrogens is 304 g/mol. The van der Waals surface area contributed by atoms with E-state index in [0.717, 1.165) is 44.7 Å². The van der Waals surface area contributed by atoms with Gasteiger partial charge >= 0.3 is 0 Å². The number of β-amino-alcohol motifs (C(OH)–C–C–N with tert-alkyl or cyclic N) is 1. The molecule has 1 fully saturated rings. The van der Waals surface area contributed by atoms with E-state index in [1.165, 1.54) is 4.88 Å². The highest BCUT2D eigenvalue weighted by molar-refractivity contribution is 7.09. The second kappa shape index (κ2) is 8.06. The van der Waals surface area contributed by atoms with E-state index in [1.807, 2.05) is 41.7 Å². The summed E-state index contributed by atoms with van der Waals surface area (Å²) in [5.41, 5.74) is 1.01. The predicted octanol–water partition coefficient (Wildman–Crippen LogP) is 3.03. The summed E-state index contributed by atoms with van der Waals surface area (Å²) >= 11 is 1.85. The van der Waals surface area contributed by atoms with Crippen LogP contribution in [0.5, 0.6) is 0 Å². The van der Waals surface area contributed by atoms with E-state index in [4.69, 9.17) is 0 Å². The number of aliphatic hydroxyl groups is 1. The molecule has 1 aliphatic rings. The molecule has 2 aromatic rings. The Balaban J connectivity index is 1.46. The highest BCUT2D eigenvalue weighted by Crippen LogP contribution is 2.18. The standard InChI is InChI=1S/C19H26N2OS/c1-16-14-20(10-9-18-8-5-13-23-18)11-12-21(16)15-19(22)17-6-3-2-4-7-17/h2-8,13,16,19,22H,9-12,14-15H2,1H3/t16-,19-/m0/s1. The Labute approximate surface area is 143 Å². The van der Waals surface area contributed by atoms with Gasteiger partial charge in [0, 0.05) is 43.6 Å². The largest absolute Gasteiger partial charge is 0.387 e. The van der Waals surface area contributed by atoms with Crippen molar-refractivity contribution in [2.24, 2.45) is 0 Å². The van der Waals surface area contributed by atoms with Crippen LogP contribution in [0.1, 0.15) is 23.5 Å². The number of aliphatic hydroxyl groups excluding tert-OH is 1. The minimum atomic E-state index is -0.392. The molecule has 1 aliphatic heterocycles. The molecule has 23 heavy (non-hydrogen) atoms. The van der Waals surface area contributed by atoms with Crippen LogP contribution in [0.2, 0.25) is 0 Å². The summed E-state index contributed by atoms with van der Waals surface area (Å²) in [4.78, 5) is 6.44. The molecule has 1 aromatic heterocycles. The van der Waals surface area contributed by atoms with Gasteiger partial charge in [-0.05, 0) is 30.4 Å². The van der Waals surface area contributed by atoms with E-state index >= 15 is 0 Å². The number of hydrogen-bond acceptors (Lipinski definition) is 4. The summed E-state index contributed by atoms with van der Waals surface area (Å²) in [6.07, 6.45) is 0.758. The van der Waals surface area contributed by atoms with E-state index in [-0.39, 0.29) is 0 Å². The van der Waals surface area contributed by atoms with Gasteiger partial charge in [0.25, 0.3) is 0 Å². The van der Waals surface area contributed by atoms with Crippen molar-refractivity contribution >= 4 is 11.3 Å². The maximum atomic E-state index is 10.4. The van der Waals surface area contributed by atoms with Crippen LogP contribution in [0.4, 0.5) is 0 Å². The van der Waals surface area contributed by atoms with Gasteiger partial charge in [0.1, 0.15) is 0 Å². The molecule has 1 N–H and O–H groups in total. The lowest BCUT2D eigenvalue weighted by Crippen LogP contribution is -2.53. The molecule has 0 aliphatic carbocycles. The number of piperazine rings is 1. The van der Waals surface area contributed by atoms with Gasteiger partial charge in [-0.3, -0.25) is 4.90 Å². The van der Waals surface area contributed by atoms with Gasteiger partial charge in [0.15, 0.2) is 0 Å². The first-order chi connectivity index (χ1) is 11.2. The zero-order valence-electron chi connectivity index (χ0n) is 13.8. The molecule has 3 rings (SSSR count). The number of rotatable bonds is 6. The molecule has 4 heteroatoms. The van der Waals surface area contributed by atoms with Crippen molar-refractivity contribution in [1.82, 2.24) is 9.80 Å². The minimum absolute atomic E-state index is 0.392. The van der Waals surface area contributed by atoms with Gasteiger partial charge in [0.2, 0.25) is 0 Å². The molecule has 0 amide bonds. The van der Waals surface area contributed by atoms with Crippen molar-refractivity contribution < 1.29 is 5.11 Å². The molecule has 0 spiro atoms. The van der Waals surface area contributed by atoms with Crippen LogP contribution < -0.4 is 0 Å². The van der Waals surface area contributed by atoms with E-state index in [1.54, 1.807) is 0 Å². The summed E-state index contributed by atoms with van der Waals surface area (Å²) in [5.74, 6) is 0. The topological polar surface area (TPSA) is 26.7 Å². The second-order valence-electron chi connectivity index (χ2n) is 6.40. The predicted molar refractivity (Wildman–Crippen MR) is 96.9 cm³/mol. The Kier molecular flexibility index (Phi) is 5.84. The lowest BCUT2D eigenvalue weighted by molar-refractivity contribution is 0.0394. The van der Waals surface area contributed by atoms with E-state index < -0.39 is 6.10 Å². The molecule has 3 nitrogen and oxygen atoms in total. The first-order valence-electron chi connectivity index (χ1n) is 8.44. The summed E-state index contributed by atoms with van der Waals surface area (Å²) in [6.45, 7) is 7.36. The fraction of sp³-hybridized carbons (Fsp3) is 0.474. The molecule has 0 unspecified atom stereocenters. The number of benzene rings is 1. The Morgan fingerprint density at radius 3 is 2.70 bits per heavy atom.